The molecule has 0 radical (unpaired) electrons. The van der Waals surface area contributed by atoms with Crippen LogP contribution in [0.3, 0.4) is 0 Å². The smallest absolute Gasteiger partial charge is 0.253 e. The molecule has 1 aliphatic rings. The minimum atomic E-state index is -1.14. The van der Waals surface area contributed by atoms with Gasteiger partial charge in [-0.1, -0.05) is 41.5 Å². The second-order valence-electron chi connectivity index (χ2n) is 20.2. The average Bonchev–Trinajstić information content (AvgIpc) is 3.59. The fourth-order valence-corrected chi connectivity index (χ4v) is 9.62. The van der Waals surface area contributed by atoms with Gasteiger partial charge in [-0.3, -0.25) is 43.3 Å². The molecule has 1 rings (SSSR count). The third-order valence-electron chi connectivity index (χ3n) is 12.3. The summed E-state index contributed by atoms with van der Waals surface area (Å²) in [5.41, 5.74) is -2.67. The van der Waals surface area contributed by atoms with Crippen molar-refractivity contribution in [1.29, 1.82) is 5.26 Å². The number of nitrogens with zero attached hydrogens (tertiary/aromatic N) is 2. The van der Waals surface area contributed by atoms with Crippen LogP contribution in [0.2, 0.25) is 0 Å². The van der Waals surface area contributed by atoms with Crippen LogP contribution in [-0.4, -0.2) is 132 Å². The molecule has 386 valence electrons. The molecule has 5 N–H and O–H groups in total. The third kappa shape index (κ3) is 23.0. The number of hydrogen-bond donors (Lipinski definition) is 5. The summed E-state index contributed by atoms with van der Waals surface area (Å²) in [6, 6.07) is 2.20. The van der Waals surface area contributed by atoms with E-state index in [0.717, 1.165) is 4.90 Å². The Kier molecular flexibility index (Phi) is 27.7. The van der Waals surface area contributed by atoms with Crippen molar-refractivity contribution in [2.75, 3.05) is 58.4 Å². The lowest BCUT2D eigenvalue weighted by molar-refractivity contribution is -0.137. The molecule has 0 bridgehead atoms. The molecule has 6 amide bonds. The van der Waals surface area contributed by atoms with Crippen LogP contribution in [0, 0.1) is 39.4 Å². The van der Waals surface area contributed by atoms with Crippen molar-refractivity contribution in [3.05, 3.63) is 12.2 Å². The first-order chi connectivity index (χ1) is 31.8. The maximum absolute atomic E-state index is 14.4. The highest BCUT2D eigenvalue weighted by molar-refractivity contribution is 8.01. The summed E-state index contributed by atoms with van der Waals surface area (Å²) in [4.78, 5) is 104. The predicted molar refractivity (Wildman–Crippen MR) is 263 cm³/mol. The highest BCUT2D eigenvalue weighted by atomic mass is 32.2. The van der Waals surface area contributed by atoms with E-state index in [1.807, 2.05) is 48.5 Å². The van der Waals surface area contributed by atoms with Crippen LogP contribution >= 0.6 is 11.8 Å². The fraction of sp³-hybridized carbons (Fsp3) is 0.780. The van der Waals surface area contributed by atoms with Gasteiger partial charge < -0.3 is 35.8 Å². The van der Waals surface area contributed by atoms with Gasteiger partial charge in [0.25, 0.3) is 11.8 Å². The summed E-state index contributed by atoms with van der Waals surface area (Å²) < 4.78 is 9.97. The van der Waals surface area contributed by atoms with Crippen molar-refractivity contribution in [2.24, 2.45) is 28.1 Å². The Labute approximate surface area is 410 Å². The van der Waals surface area contributed by atoms with Crippen molar-refractivity contribution in [2.45, 2.75) is 164 Å². The normalized spacial score (nSPS) is 16.0. The van der Waals surface area contributed by atoms with Crippen molar-refractivity contribution < 1.29 is 52.9 Å². The van der Waals surface area contributed by atoms with Gasteiger partial charge in [-0.05, 0) is 84.0 Å². The van der Waals surface area contributed by atoms with E-state index in [0.29, 0.717) is 51.2 Å². The van der Waals surface area contributed by atoms with Crippen molar-refractivity contribution >= 4 is 58.8 Å². The number of carbonyl (C=O) groups is 8. The van der Waals surface area contributed by atoms with Crippen LogP contribution in [0.25, 0.3) is 0 Å². The third-order valence-corrected chi connectivity index (χ3v) is 13.7. The number of ether oxygens (including phenoxy) is 2. The summed E-state index contributed by atoms with van der Waals surface area (Å²) in [5, 5.41) is 32.1. The first kappa shape index (κ1) is 61.8. The molecule has 0 saturated carbocycles. The molecule has 0 saturated heterocycles. The summed E-state index contributed by atoms with van der Waals surface area (Å²) in [7, 11) is 0. The van der Waals surface area contributed by atoms with Crippen LogP contribution < -0.4 is 21.3 Å². The number of aliphatic hydroxyl groups excluding tert-OH is 1. The molecule has 68 heavy (non-hydrogen) atoms. The monoisotopic (exact) mass is 977 g/mol. The number of hydrogen-bond acceptors (Lipinski definition) is 13. The molecule has 17 nitrogen and oxygen atoms in total. The molecular weight excluding hydrogens is 893 g/mol. The Morgan fingerprint density at radius 3 is 1.96 bits per heavy atom. The Morgan fingerprint density at radius 2 is 1.38 bits per heavy atom. The van der Waals surface area contributed by atoms with E-state index in [9.17, 15) is 48.7 Å². The molecule has 18 heteroatoms. The Hall–Kier alpha value is -4.18. The fourth-order valence-electron chi connectivity index (χ4n) is 8.16. The quantitative estimate of drug-likeness (QED) is 0.0408. The minimum absolute atomic E-state index is 0.000532. The molecule has 5 unspecified atom stereocenters. The summed E-state index contributed by atoms with van der Waals surface area (Å²) in [6.07, 6.45) is 4.73. The number of rotatable bonds is 37. The molecule has 0 aliphatic carbocycles. The highest BCUT2D eigenvalue weighted by Gasteiger charge is 2.49. The number of nitriles is 1. The van der Waals surface area contributed by atoms with Gasteiger partial charge in [-0.2, -0.15) is 5.26 Å². The highest BCUT2D eigenvalue weighted by Crippen LogP contribution is 2.49. The van der Waals surface area contributed by atoms with Crippen LogP contribution in [0.4, 0.5) is 0 Å². The number of amides is 6. The number of ketones is 2. The first-order valence-electron chi connectivity index (χ1n) is 24.3. The lowest BCUT2D eigenvalue weighted by atomic mass is 9.61. The topological polar surface area (TPSA) is 250 Å². The van der Waals surface area contributed by atoms with Gasteiger partial charge in [0.15, 0.2) is 0 Å². The van der Waals surface area contributed by atoms with Crippen LogP contribution in [0.15, 0.2) is 12.2 Å². The number of imide groups is 1. The molecule has 0 aromatic heterocycles. The van der Waals surface area contributed by atoms with Crippen molar-refractivity contribution in [1.82, 2.24) is 26.2 Å². The molecule has 1 heterocycles. The zero-order valence-electron chi connectivity index (χ0n) is 42.9. The van der Waals surface area contributed by atoms with Crippen molar-refractivity contribution in [3.8, 4) is 6.07 Å². The van der Waals surface area contributed by atoms with Gasteiger partial charge in [0, 0.05) is 101 Å². The first-order valence-corrected chi connectivity index (χ1v) is 25.3. The number of Topliss-reactive ketones (excluding diaryl/α,β-unsaturated/α-hetero) is 2. The van der Waals surface area contributed by atoms with E-state index in [4.69, 9.17) is 9.47 Å². The molecule has 0 fully saturated rings. The zero-order chi connectivity index (χ0) is 51.7. The van der Waals surface area contributed by atoms with Crippen LogP contribution in [-0.2, 0) is 47.8 Å². The largest absolute Gasteiger partial charge is 0.392 e. The average molecular weight is 977 g/mol. The van der Waals surface area contributed by atoms with E-state index in [1.54, 1.807) is 27.7 Å². The lowest BCUT2D eigenvalue weighted by Crippen LogP contribution is -2.52. The number of thioether (sulfide) groups is 1. The summed E-state index contributed by atoms with van der Waals surface area (Å²) >= 11 is 1.33. The van der Waals surface area contributed by atoms with E-state index < -0.39 is 50.7 Å². The van der Waals surface area contributed by atoms with Gasteiger partial charge in [0.05, 0.1) is 42.2 Å². The van der Waals surface area contributed by atoms with Crippen LogP contribution in [0.1, 0.15) is 147 Å². The number of nitrogens with one attached hydrogen (secondary N) is 4. The number of aliphatic hydroxyl groups is 1. The molecule has 5 atom stereocenters. The Morgan fingerprint density at radius 1 is 0.765 bits per heavy atom. The molecule has 1 aliphatic heterocycles. The molecule has 0 aromatic carbocycles. The summed E-state index contributed by atoms with van der Waals surface area (Å²) in [5.74, 6) is -2.98. The van der Waals surface area contributed by atoms with Gasteiger partial charge >= 0.3 is 0 Å². The van der Waals surface area contributed by atoms with Gasteiger partial charge in [0.2, 0.25) is 23.6 Å². The van der Waals surface area contributed by atoms with Crippen molar-refractivity contribution in [3.63, 3.8) is 0 Å². The lowest BCUT2D eigenvalue weighted by Gasteiger charge is -2.45. The predicted octanol–water partition coefficient (Wildman–Crippen LogP) is 4.97. The zero-order valence-corrected chi connectivity index (χ0v) is 43.8. The summed E-state index contributed by atoms with van der Waals surface area (Å²) in [6.45, 7) is 22.3. The Balaban J connectivity index is 3.01. The maximum atomic E-state index is 14.4. The molecule has 0 spiro atoms. The van der Waals surface area contributed by atoms with Gasteiger partial charge in [-0.15, -0.1) is 11.8 Å². The SMILES string of the molecule is CCCNC(=O)C(CC(C)(C#N)CCC(=O)CC)C(C)(C)CC(C(=O)NC(C)C)C(C)(C)CC(C)(SCCC(=O)CCCOCCOCCNC(=O)CCN1C(=O)C=CC1=O)C(=O)NCC(C)O. The molecule has 0 aromatic rings. The standard InChI is InChI=1S/C50H84N6O11S/c1-12-22-53-44(63)40(31-49(10,34-51)21-18-37(58)13-2)47(6,7)30-39(45(64)55-35(3)4)48(8,9)33-50(11,46(65)54-32-36(5)57)68-29-20-38(59)15-14-25-66-27-28-67-26-23-52-41(60)19-24-56-42(61)16-17-43(56)62/h16-17,35-36,39-40,57H,12-15,18-33H2,1-11H3,(H,52,60)(H,53,63)(H,54,65)(H,55,64). The Bertz CT molecular complexity index is 1740. The van der Waals surface area contributed by atoms with E-state index >= 15 is 0 Å². The molecular formula is C50H84N6O11S. The maximum Gasteiger partial charge on any atom is 0.253 e. The van der Waals surface area contributed by atoms with Crippen LogP contribution in [0.5, 0.6) is 0 Å². The second kappa shape index (κ2) is 30.4. The van der Waals surface area contributed by atoms with Gasteiger partial charge in [0.1, 0.15) is 11.6 Å². The second-order valence-corrected chi connectivity index (χ2v) is 21.8. The van der Waals surface area contributed by atoms with Gasteiger partial charge in [-0.25, -0.2) is 0 Å². The van der Waals surface area contributed by atoms with E-state index in [-0.39, 0.29) is 119 Å². The minimum Gasteiger partial charge on any atom is -0.392 e. The number of carbonyl (C=O) groups excluding carboxylic acids is 8. The van der Waals surface area contributed by atoms with E-state index in [2.05, 4.69) is 27.3 Å². The van der Waals surface area contributed by atoms with E-state index in [1.165, 1.54) is 23.9 Å².